The Kier molecular flexibility index (Phi) is 4.55. The Hall–Kier alpha value is -1.84. The van der Waals surface area contributed by atoms with Crippen LogP contribution < -0.4 is 0 Å². The van der Waals surface area contributed by atoms with E-state index >= 15 is 0 Å². The molecular weight excluding hydrogens is 244 g/mol. The van der Waals surface area contributed by atoms with Crippen LogP contribution in [0.25, 0.3) is 0 Å². The first-order valence-electron chi connectivity index (χ1n) is 6.50. The molecule has 102 valence electrons. The Morgan fingerprint density at radius 3 is 2.37 bits per heavy atom. The zero-order valence-electron chi connectivity index (χ0n) is 11.0. The van der Waals surface area contributed by atoms with Gasteiger partial charge in [-0.15, -0.1) is 0 Å². The fourth-order valence-electron chi connectivity index (χ4n) is 2.51. The van der Waals surface area contributed by atoms with Gasteiger partial charge in [0.2, 0.25) is 0 Å². The van der Waals surface area contributed by atoms with Crippen molar-refractivity contribution in [2.75, 3.05) is 7.11 Å². The molecule has 1 aliphatic carbocycles. The minimum absolute atomic E-state index is 0.254. The second-order valence-electron chi connectivity index (χ2n) is 4.76. The summed E-state index contributed by atoms with van der Waals surface area (Å²) in [4.78, 5) is 23.6. The maximum atomic E-state index is 12.0. The number of esters is 2. The normalized spacial score (nSPS) is 21.9. The molecule has 0 spiro atoms. The van der Waals surface area contributed by atoms with Crippen LogP contribution in [0.2, 0.25) is 0 Å². The largest absolute Gasteiger partial charge is 0.469 e. The van der Waals surface area contributed by atoms with Crippen LogP contribution in [-0.4, -0.2) is 19.0 Å². The molecule has 0 aliphatic heterocycles. The van der Waals surface area contributed by atoms with E-state index in [-0.39, 0.29) is 30.4 Å². The van der Waals surface area contributed by atoms with Gasteiger partial charge in [0.25, 0.3) is 0 Å². The van der Waals surface area contributed by atoms with Gasteiger partial charge in [0, 0.05) is 0 Å². The third kappa shape index (κ3) is 3.34. The van der Waals surface area contributed by atoms with E-state index in [4.69, 9.17) is 9.47 Å². The average molecular weight is 262 g/mol. The molecule has 4 heteroatoms. The Morgan fingerprint density at radius 1 is 1.11 bits per heavy atom. The molecule has 2 atom stereocenters. The minimum atomic E-state index is -0.351. The summed E-state index contributed by atoms with van der Waals surface area (Å²) in [6.45, 7) is 0.254. The van der Waals surface area contributed by atoms with Gasteiger partial charge in [-0.05, 0) is 18.4 Å². The van der Waals surface area contributed by atoms with Gasteiger partial charge in [-0.25, -0.2) is 0 Å². The smallest absolute Gasteiger partial charge is 0.310 e. The van der Waals surface area contributed by atoms with Crippen molar-refractivity contribution in [2.45, 2.75) is 25.9 Å². The fourth-order valence-corrected chi connectivity index (χ4v) is 2.51. The Bertz CT molecular complexity index is 441. The van der Waals surface area contributed by atoms with Crippen molar-refractivity contribution in [1.82, 2.24) is 0 Å². The molecule has 1 aromatic carbocycles. The second-order valence-corrected chi connectivity index (χ2v) is 4.76. The summed E-state index contributed by atoms with van der Waals surface area (Å²) in [6, 6.07) is 9.51. The number of methoxy groups -OCH3 is 1. The van der Waals surface area contributed by atoms with Crippen molar-refractivity contribution >= 4 is 11.9 Å². The van der Waals surface area contributed by atoms with Gasteiger partial charge in [0.05, 0.1) is 18.9 Å². The van der Waals surface area contributed by atoms with Crippen LogP contribution in [0.15, 0.2) is 30.3 Å². The van der Waals surface area contributed by atoms with Gasteiger partial charge in [-0.3, -0.25) is 9.59 Å². The van der Waals surface area contributed by atoms with E-state index in [1.54, 1.807) is 0 Å². The Morgan fingerprint density at radius 2 is 1.74 bits per heavy atom. The standard InChI is InChI=1S/C15H18O4/c1-18-14(16)12-8-5-9-13(12)15(17)19-10-11-6-3-2-4-7-11/h2-4,6-7,12-13H,5,8-10H2,1H3/t12-,13-/m1/s1. The van der Waals surface area contributed by atoms with E-state index < -0.39 is 0 Å². The zero-order valence-corrected chi connectivity index (χ0v) is 11.0. The first kappa shape index (κ1) is 13.6. The molecule has 0 amide bonds. The van der Waals surface area contributed by atoms with E-state index in [2.05, 4.69) is 0 Å². The lowest BCUT2D eigenvalue weighted by atomic mass is 9.96. The van der Waals surface area contributed by atoms with Gasteiger partial charge in [-0.2, -0.15) is 0 Å². The van der Waals surface area contributed by atoms with Gasteiger partial charge in [0.1, 0.15) is 6.61 Å². The molecule has 19 heavy (non-hydrogen) atoms. The summed E-state index contributed by atoms with van der Waals surface area (Å²) in [5.74, 6) is -1.29. The minimum Gasteiger partial charge on any atom is -0.469 e. The second kappa shape index (κ2) is 6.36. The molecule has 1 aliphatic rings. The molecule has 2 rings (SSSR count). The highest BCUT2D eigenvalue weighted by molar-refractivity contribution is 5.82. The van der Waals surface area contributed by atoms with E-state index in [1.165, 1.54) is 7.11 Å². The molecule has 0 saturated heterocycles. The number of ether oxygens (including phenoxy) is 2. The summed E-state index contributed by atoms with van der Waals surface area (Å²) in [7, 11) is 1.35. The lowest BCUT2D eigenvalue weighted by molar-refractivity contribution is -0.158. The van der Waals surface area contributed by atoms with Crippen molar-refractivity contribution in [1.29, 1.82) is 0 Å². The molecule has 1 saturated carbocycles. The molecular formula is C15H18O4. The lowest BCUT2D eigenvalue weighted by Crippen LogP contribution is -2.27. The predicted molar refractivity (Wildman–Crippen MR) is 69.1 cm³/mol. The summed E-state index contributed by atoms with van der Waals surface area (Å²) in [6.07, 6.45) is 2.27. The SMILES string of the molecule is COC(=O)[C@@H]1CCC[C@H]1C(=O)OCc1ccccc1. The fraction of sp³-hybridized carbons (Fsp3) is 0.467. The third-order valence-electron chi connectivity index (χ3n) is 3.55. The first-order valence-corrected chi connectivity index (χ1v) is 6.50. The average Bonchev–Trinajstić information content (AvgIpc) is 2.94. The highest BCUT2D eigenvalue weighted by Crippen LogP contribution is 2.33. The van der Waals surface area contributed by atoms with Crippen LogP contribution in [0.3, 0.4) is 0 Å². The molecule has 0 unspecified atom stereocenters. The van der Waals surface area contributed by atoms with Crippen LogP contribution in [0.4, 0.5) is 0 Å². The van der Waals surface area contributed by atoms with E-state index in [0.29, 0.717) is 12.8 Å². The molecule has 0 bridgehead atoms. The van der Waals surface area contributed by atoms with E-state index in [1.807, 2.05) is 30.3 Å². The van der Waals surface area contributed by atoms with E-state index in [0.717, 1.165) is 12.0 Å². The van der Waals surface area contributed by atoms with Crippen LogP contribution in [0.1, 0.15) is 24.8 Å². The number of hydrogen-bond donors (Lipinski definition) is 0. The zero-order chi connectivity index (χ0) is 13.7. The van der Waals surface area contributed by atoms with Gasteiger partial charge < -0.3 is 9.47 Å². The first-order chi connectivity index (χ1) is 9.22. The highest BCUT2D eigenvalue weighted by Gasteiger charge is 2.39. The van der Waals surface area contributed by atoms with Gasteiger partial charge >= 0.3 is 11.9 Å². The number of carbonyl (C=O) groups excluding carboxylic acids is 2. The number of benzene rings is 1. The number of carbonyl (C=O) groups is 2. The van der Waals surface area contributed by atoms with Crippen LogP contribution in [0.5, 0.6) is 0 Å². The van der Waals surface area contributed by atoms with Crippen molar-refractivity contribution in [3.8, 4) is 0 Å². The van der Waals surface area contributed by atoms with Gasteiger partial charge in [-0.1, -0.05) is 36.8 Å². The number of hydrogen-bond acceptors (Lipinski definition) is 4. The Balaban J connectivity index is 1.90. The third-order valence-corrected chi connectivity index (χ3v) is 3.55. The molecule has 0 N–H and O–H groups in total. The molecule has 0 aromatic heterocycles. The molecule has 0 radical (unpaired) electrons. The van der Waals surface area contributed by atoms with Crippen molar-refractivity contribution in [3.05, 3.63) is 35.9 Å². The Labute approximate surface area is 112 Å². The lowest BCUT2D eigenvalue weighted by Gasteiger charge is -2.16. The van der Waals surface area contributed by atoms with E-state index in [9.17, 15) is 9.59 Å². The summed E-state index contributed by atoms with van der Waals surface area (Å²) in [5.41, 5.74) is 0.948. The summed E-state index contributed by atoms with van der Waals surface area (Å²) < 4.78 is 10.0. The molecule has 1 fully saturated rings. The van der Waals surface area contributed by atoms with Crippen molar-refractivity contribution < 1.29 is 19.1 Å². The van der Waals surface area contributed by atoms with Gasteiger partial charge in [0.15, 0.2) is 0 Å². The monoisotopic (exact) mass is 262 g/mol. The maximum absolute atomic E-state index is 12.0. The quantitative estimate of drug-likeness (QED) is 0.781. The summed E-state index contributed by atoms with van der Waals surface area (Å²) >= 11 is 0. The van der Waals surface area contributed by atoms with Crippen LogP contribution in [-0.2, 0) is 25.7 Å². The maximum Gasteiger partial charge on any atom is 0.310 e. The molecule has 0 heterocycles. The summed E-state index contributed by atoms with van der Waals surface area (Å²) in [5, 5.41) is 0. The van der Waals surface area contributed by atoms with Crippen molar-refractivity contribution in [3.63, 3.8) is 0 Å². The molecule has 4 nitrogen and oxygen atoms in total. The molecule has 1 aromatic rings. The highest BCUT2D eigenvalue weighted by atomic mass is 16.5. The number of rotatable bonds is 4. The van der Waals surface area contributed by atoms with Crippen LogP contribution in [0, 0.1) is 11.8 Å². The topological polar surface area (TPSA) is 52.6 Å². The van der Waals surface area contributed by atoms with Crippen LogP contribution >= 0.6 is 0 Å². The predicted octanol–water partition coefficient (Wildman–Crippen LogP) is 2.32. The van der Waals surface area contributed by atoms with Crippen molar-refractivity contribution in [2.24, 2.45) is 11.8 Å².